The molecule has 1 fully saturated rings. The number of amides is 1. The quantitative estimate of drug-likeness (QED) is 0.767. The summed E-state index contributed by atoms with van der Waals surface area (Å²) in [4.78, 5) is 13.2. The number of halogens is 1. The highest BCUT2D eigenvalue weighted by atomic mass is 19.1. The third-order valence-corrected chi connectivity index (χ3v) is 5.06. The van der Waals surface area contributed by atoms with Crippen molar-refractivity contribution >= 4 is 11.6 Å². The van der Waals surface area contributed by atoms with Crippen LogP contribution in [0.3, 0.4) is 0 Å². The molecular formula is C21H20FN3O2. The van der Waals surface area contributed by atoms with E-state index in [1.54, 1.807) is 30.6 Å². The van der Waals surface area contributed by atoms with Crippen LogP contribution >= 0.6 is 0 Å². The zero-order chi connectivity index (χ0) is 18.7. The fourth-order valence-electron chi connectivity index (χ4n) is 3.56. The molecule has 2 heterocycles. The maximum atomic E-state index is 14.5. The number of hydrogen-bond donors (Lipinski definition) is 1. The van der Waals surface area contributed by atoms with E-state index in [1.807, 2.05) is 30.3 Å². The summed E-state index contributed by atoms with van der Waals surface area (Å²) in [5.41, 5.74) is 1.05. The summed E-state index contributed by atoms with van der Waals surface area (Å²) in [5, 5.41) is 6.94. The Morgan fingerprint density at radius 3 is 2.56 bits per heavy atom. The molecule has 27 heavy (non-hydrogen) atoms. The molecular weight excluding hydrogens is 345 g/mol. The van der Waals surface area contributed by atoms with Gasteiger partial charge in [-0.15, -0.1) is 0 Å². The minimum atomic E-state index is -0.670. The molecule has 1 aliphatic rings. The van der Waals surface area contributed by atoms with E-state index in [0.717, 1.165) is 5.56 Å². The van der Waals surface area contributed by atoms with Crippen LogP contribution in [0.1, 0.15) is 18.4 Å². The second kappa shape index (κ2) is 7.32. The molecule has 0 spiro atoms. The molecule has 1 aliphatic heterocycles. The number of benzene rings is 2. The minimum absolute atomic E-state index is 0.136. The maximum absolute atomic E-state index is 14.5. The second-order valence-electron chi connectivity index (χ2n) is 6.63. The van der Waals surface area contributed by atoms with E-state index in [4.69, 9.17) is 4.74 Å². The number of carbonyl (C=O) groups excluding carboxylic acids is 1. The van der Waals surface area contributed by atoms with Crippen LogP contribution in [0, 0.1) is 5.82 Å². The van der Waals surface area contributed by atoms with Gasteiger partial charge in [0.2, 0.25) is 5.91 Å². The highest BCUT2D eigenvalue weighted by molar-refractivity contribution is 5.99. The van der Waals surface area contributed by atoms with Crippen LogP contribution in [0.5, 0.6) is 0 Å². The lowest BCUT2D eigenvalue weighted by molar-refractivity contribution is -0.125. The highest BCUT2D eigenvalue weighted by Crippen LogP contribution is 2.36. The van der Waals surface area contributed by atoms with Crippen LogP contribution in [0.25, 0.3) is 5.69 Å². The molecule has 6 heteroatoms. The summed E-state index contributed by atoms with van der Waals surface area (Å²) in [5.74, 6) is -0.583. The number of anilines is 1. The van der Waals surface area contributed by atoms with E-state index in [2.05, 4.69) is 10.4 Å². The number of rotatable bonds is 4. The summed E-state index contributed by atoms with van der Waals surface area (Å²) in [6.07, 6.45) is 4.44. The van der Waals surface area contributed by atoms with Crippen molar-refractivity contribution in [2.45, 2.75) is 18.3 Å². The lowest BCUT2D eigenvalue weighted by Gasteiger charge is -2.36. The van der Waals surface area contributed by atoms with Gasteiger partial charge in [-0.3, -0.25) is 4.79 Å². The number of nitrogens with zero attached hydrogens (tertiary/aromatic N) is 2. The van der Waals surface area contributed by atoms with E-state index in [0.29, 0.717) is 37.4 Å². The smallest absolute Gasteiger partial charge is 0.235 e. The van der Waals surface area contributed by atoms with Gasteiger partial charge in [0.15, 0.2) is 5.82 Å². The number of hydrogen-bond acceptors (Lipinski definition) is 3. The van der Waals surface area contributed by atoms with Gasteiger partial charge in [-0.2, -0.15) is 5.10 Å². The summed E-state index contributed by atoms with van der Waals surface area (Å²) in [7, 11) is 0. The normalized spacial score (nSPS) is 16.0. The van der Waals surface area contributed by atoms with Crippen molar-refractivity contribution in [1.29, 1.82) is 0 Å². The van der Waals surface area contributed by atoms with Gasteiger partial charge in [-0.05, 0) is 42.7 Å². The van der Waals surface area contributed by atoms with Crippen LogP contribution in [0.15, 0.2) is 67.0 Å². The topological polar surface area (TPSA) is 56.2 Å². The predicted octanol–water partition coefficient (Wildman–Crippen LogP) is 3.70. The Morgan fingerprint density at radius 1 is 1.11 bits per heavy atom. The number of ether oxygens (including phenoxy) is 1. The first-order valence-electron chi connectivity index (χ1n) is 8.93. The number of aromatic nitrogens is 2. The number of nitrogens with one attached hydrogen (secondary N) is 1. The molecule has 3 aromatic rings. The average Bonchev–Trinajstić information content (AvgIpc) is 3.24. The van der Waals surface area contributed by atoms with Crippen molar-refractivity contribution in [1.82, 2.24) is 9.78 Å². The molecule has 4 rings (SSSR count). The van der Waals surface area contributed by atoms with E-state index in [-0.39, 0.29) is 5.91 Å². The summed E-state index contributed by atoms with van der Waals surface area (Å²) in [6, 6.07) is 16.1. The Hall–Kier alpha value is -2.99. The summed E-state index contributed by atoms with van der Waals surface area (Å²) >= 11 is 0. The first-order chi connectivity index (χ1) is 13.2. The lowest BCUT2D eigenvalue weighted by atomic mass is 9.73. The largest absolute Gasteiger partial charge is 0.381 e. The summed E-state index contributed by atoms with van der Waals surface area (Å²) < 4.78 is 21.4. The monoisotopic (exact) mass is 365 g/mol. The molecule has 0 unspecified atom stereocenters. The van der Waals surface area contributed by atoms with Gasteiger partial charge < -0.3 is 10.1 Å². The molecule has 0 bridgehead atoms. The molecule has 0 saturated carbocycles. The SMILES string of the molecule is O=C(Nc1ccc(-n2cccn2)c(F)c1)C1(c2ccccc2)CCOCC1. The van der Waals surface area contributed by atoms with Crippen LogP contribution in [0.4, 0.5) is 10.1 Å². The Morgan fingerprint density at radius 2 is 1.89 bits per heavy atom. The first-order valence-corrected chi connectivity index (χ1v) is 8.93. The number of carbonyl (C=O) groups is 1. The van der Waals surface area contributed by atoms with Crippen molar-refractivity contribution in [3.05, 3.63) is 78.4 Å². The summed E-state index contributed by atoms with van der Waals surface area (Å²) in [6.45, 7) is 1.05. The fourth-order valence-corrected chi connectivity index (χ4v) is 3.56. The van der Waals surface area contributed by atoms with Crippen molar-refractivity contribution in [3.63, 3.8) is 0 Å². The molecule has 1 amide bonds. The van der Waals surface area contributed by atoms with Gasteiger partial charge in [-0.1, -0.05) is 30.3 Å². The highest BCUT2D eigenvalue weighted by Gasteiger charge is 2.41. The van der Waals surface area contributed by atoms with E-state index in [9.17, 15) is 9.18 Å². The van der Waals surface area contributed by atoms with Crippen molar-refractivity contribution in [3.8, 4) is 5.69 Å². The van der Waals surface area contributed by atoms with E-state index >= 15 is 0 Å². The first kappa shape index (κ1) is 17.4. The van der Waals surface area contributed by atoms with Crippen LogP contribution in [-0.2, 0) is 14.9 Å². The molecule has 1 N–H and O–H groups in total. The second-order valence-corrected chi connectivity index (χ2v) is 6.63. The van der Waals surface area contributed by atoms with E-state index < -0.39 is 11.2 Å². The molecule has 0 aliphatic carbocycles. The van der Waals surface area contributed by atoms with Gasteiger partial charge in [0.05, 0.1) is 5.41 Å². The zero-order valence-corrected chi connectivity index (χ0v) is 14.8. The van der Waals surface area contributed by atoms with Gasteiger partial charge in [-0.25, -0.2) is 9.07 Å². The van der Waals surface area contributed by atoms with Crippen molar-refractivity contribution in [2.75, 3.05) is 18.5 Å². The van der Waals surface area contributed by atoms with Gasteiger partial charge in [0, 0.05) is 31.3 Å². The molecule has 1 aromatic heterocycles. The standard InChI is InChI=1S/C21H20FN3O2/c22-18-15-17(7-8-19(18)25-12-4-11-23-25)24-20(26)21(9-13-27-14-10-21)16-5-2-1-3-6-16/h1-8,11-12,15H,9-10,13-14H2,(H,24,26). The molecule has 5 nitrogen and oxygen atoms in total. The minimum Gasteiger partial charge on any atom is -0.381 e. The molecule has 0 radical (unpaired) electrons. The molecule has 2 aromatic carbocycles. The predicted molar refractivity (Wildman–Crippen MR) is 100 cm³/mol. The van der Waals surface area contributed by atoms with Crippen LogP contribution < -0.4 is 5.32 Å². The van der Waals surface area contributed by atoms with Gasteiger partial charge >= 0.3 is 0 Å². The Labute approximate surface area is 156 Å². The molecule has 138 valence electrons. The lowest BCUT2D eigenvalue weighted by Crippen LogP contribution is -2.44. The molecule has 0 atom stereocenters. The Kier molecular flexibility index (Phi) is 4.73. The third kappa shape index (κ3) is 3.36. The fraction of sp³-hybridized carbons (Fsp3) is 0.238. The Balaban J connectivity index is 1.61. The van der Waals surface area contributed by atoms with Crippen molar-refractivity contribution < 1.29 is 13.9 Å². The zero-order valence-electron chi connectivity index (χ0n) is 14.8. The molecule has 1 saturated heterocycles. The Bertz CT molecular complexity index is 920. The maximum Gasteiger partial charge on any atom is 0.235 e. The van der Waals surface area contributed by atoms with Crippen LogP contribution in [0.2, 0.25) is 0 Å². The van der Waals surface area contributed by atoms with E-state index in [1.165, 1.54) is 10.7 Å². The average molecular weight is 365 g/mol. The van der Waals surface area contributed by atoms with Crippen molar-refractivity contribution in [2.24, 2.45) is 0 Å². The van der Waals surface area contributed by atoms with Gasteiger partial charge in [0.25, 0.3) is 0 Å². The van der Waals surface area contributed by atoms with Gasteiger partial charge in [0.1, 0.15) is 5.69 Å². The third-order valence-electron chi connectivity index (χ3n) is 5.06. The van der Waals surface area contributed by atoms with Crippen LogP contribution in [-0.4, -0.2) is 28.9 Å².